The molecule has 0 radical (unpaired) electrons. The molecule has 0 saturated heterocycles. The Hall–Kier alpha value is -6.05. The van der Waals surface area contributed by atoms with Crippen LogP contribution in [0.15, 0.2) is 77.0 Å². The zero-order chi connectivity index (χ0) is 42.6. The van der Waals surface area contributed by atoms with Crippen LogP contribution in [0.2, 0.25) is 5.15 Å². The molecular formula is C40H37ClF6N12O2. The van der Waals surface area contributed by atoms with E-state index >= 15 is 0 Å². The van der Waals surface area contributed by atoms with E-state index in [1.165, 1.54) is 0 Å². The second-order valence-electron chi connectivity index (χ2n) is 15.3. The van der Waals surface area contributed by atoms with Crippen molar-refractivity contribution in [2.45, 2.75) is 102 Å². The van der Waals surface area contributed by atoms with Gasteiger partial charge in [-0.1, -0.05) is 11.6 Å². The molecular weight excluding hydrogens is 830 g/mol. The number of imidazole rings is 4. The van der Waals surface area contributed by atoms with Gasteiger partial charge in [-0.25, -0.2) is 29.5 Å². The number of halogens is 7. The number of hydrogen-bond acceptors (Lipinski definition) is 8. The van der Waals surface area contributed by atoms with Crippen molar-refractivity contribution < 1.29 is 26.3 Å². The second-order valence-corrected chi connectivity index (χ2v) is 15.7. The van der Waals surface area contributed by atoms with Gasteiger partial charge in [0.2, 0.25) is 0 Å². The minimum absolute atomic E-state index is 0.0723. The van der Waals surface area contributed by atoms with Crippen molar-refractivity contribution in [2.75, 3.05) is 0 Å². The highest BCUT2D eigenvalue weighted by Crippen LogP contribution is 2.37. The summed E-state index contributed by atoms with van der Waals surface area (Å²) in [6.45, 7) is 0.484. The first-order valence-corrected chi connectivity index (χ1v) is 20.2. The van der Waals surface area contributed by atoms with Gasteiger partial charge in [-0.05, 0) is 74.9 Å². The monoisotopic (exact) mass is 866 g/mol. The van der Waals surface area contributed by atoms with Crippen molar-refractivity contribution in [1.82, 2.24) is 57.3 Å². The summed E-state index contributed by atoms with van der Waals surface area (Å²) in [5.74, 6) is 0.958. The standard InChI is InChI=1S/C20H18ClF3N6O.C20H19F3N6O/c21-16-5-4-14-18(26-16)27-17(28(14)9-1-7-20(22,23)24)11-29-15-10-25-8-6-13(15)30(19(29)31)12-2-3-12;21-20(22,23)7-2-10-27-15-3-1-8-25-18(15)26-17(27)12-28-16-11-24-9-6-14(16)29(19(28)30)13-4-5-13/h4-6,8,10,12H,1-3,7,9,11H2;1,3,6,8-9,11,13H,2,4-5,7,10,12H2. The fourth-order valence-electron chi connectivity index (χ4n) is 7.87. The molecule has 8 aromatic heterocycles. The molecule has 0 unspecified atom stereocenters. The van der Waals surface area contributed by atoms with Crippen LogP contribution in [0.1, 0.15) is 75.1 Å². The summed E-state index contributed by atoms with van der Waals surface area (Å²) < 4.78 is 86.2. The van der Waals surface area contributed by atoms with E-state index in [0.29, 0.717) is 45.0 Å². The molecule has 8 aromatic rings. The number of aromatic nitrogens is 12. The van der Waals surface area contributed by atoms with Gasteiger partial charge < -0.3 is 9.13 Å². The number of nitrogens with zero attached hydrogens (tertiary/aromatic N) is 12. The lowest BCUT2D eigenvalue weighted by Gasteiger charge is -2.11. The molecule has 8 heterocycles. The molecule has 2 fully saturated rings. The Kier molecular flexibility index (Phi) is 10.4. The normalized spacial score (nSPS) is 14.7. The van der Waals surface area contributed by atoms with Gasteiger partial charge in [0.1, 0.15) is 16.8 Å². The Morgan fingerprint density at radius 1 is 0.574 bits per heavy atom. The maximum absolute atomic E-state index is 13.2. The first-order valence-electron chi connectivity index (χ1n) is 19.8. The molecule has 0 atom stereocenters. The van der Waals surface area contributed by atoms with E-state index in [0.717, 1.165) is 36.7 Å². The van der Waals surface area contributed by atoms with Gasteiger partial charge in [0, 0.05) is 56.6 Å². The SMILES string of the molecule is O=c1n(Cc2nc3nc(Cl)ccc3n2CCCC(F)(F)F)c2cnccc2n1C1CC1.O=c1n(Cc2nc3ncccc3n2CCCC(F)(F)F)c2cnccc2n1C1CC1. The van der Waals surface area contributed by atoms with E-state index in [2.05, 4.69) is 29.9 Å². The molecule has 0 aromatic carbocycles. The minimum Gasteiger partial charge on any atom is -0.325 e. The molecule has 318 valence electrons. The van der Waals surface area contributed by atoms with Gasteiger partial charge >= 0.3 is 23.7 Å². The zero-order valence-corrected chi connectivity index (χ0v) is 33.1. The number of fused-ring (bicyclic) bond motifs is 4. The third-order valence-corrected chi connectivity index (χ3v) is 11.1. The highest BCUT2D eigenvalue weighted by atomic mass is 35.5. The third-order valence-electron chi connectivity index (χ3n) is 10.9. The van der Waals surface area contributed by atoms with Crippen molar-refractivity contribution in [3.63, 3.8) is 0 Å². The summed E-state index contributed by atoms with van der Waals surface area (Å²) >= 11 is 5.98. The van der Waals surface area contributed by atoms with Crippen molar-refractivity contribution in [3.8, 4) is 0 Å². The molecule has 2 aliphatic carbocycles. The quantitative estimate of drug-likeness (QED) is 0.0890. The van der Waals surface area contributed by atoms with Crippen molar-refractivity contribution >= 4 is 56.0 Å². The van der Waals surface area contributed by atoms with Gasteiger partial charge in [-0.15, -0.1) is 0 Å². The number of alkyl halides is 6. The predicted octanol–water partition coefficient (Wildman–Crippen LogP) is 7.99. The Balaban J connectivity index is 0.000000156. The lowest BCUT2D eigenvalue weighted by molar-refractivity contribution is -0.136. The van der Waals surface area contributed by atoms with Crippen LogP contribution in [0.4, 0.5) is 26.3 Å². The van der Waals surface area contributed by atoms with Gasteiger partial charge in [0.15, 0.2) is 11.3 Å². The Morgan fingerprint density at radius 3 is 1.56 bits per heavy atom. The average molecular weight is 867 g/mol. The highest BCUT2D eigenvalue weighted by Gasteiger charge is 2.32. The van der Waals surface area contributed by atoms with Crippen molar-refractivity contribution in [3.05, 3.63) is 105 Å². The molecule has 2 saturated carbocycles. The van der Waals surface area contributed by atoms with Crippen LogP contribution in [0, 0.1) is 0 Å². The van der Waals surface area contributed by atoms with Gasteiger partial charge in [0.05, 0.1) is 58.6 Å². The Labute approximate surface area is 346 Å². The molecule has 2 aliphatic rings. The highest BCUT2D eigenvalue weighted by molar-refractivity contribution is 6.29. The van der Waals surface area contributed by atoms with Gasteiger partial charge in [-0.3, -0.25) is 28.2 Å². The Morgan fingerprint density at radius 2 is 1.07 bits per heavy atom. The summed E-state index contributed by atoms with van der Waals surface area (Å²) in [6.07, 6.45) is 1.55. The van der Waals surface area contributed by atoms with E-state index in [-0.39, 0.29) is 67.6 Å². The predicted molar refractivity (Wildman–Crippen MR) is 213 cm³/mol. The molecule has 0 bridgehead atoms. The zero-order valence-electron chi connectivity index (χ0n) is 32.3. The van der Waals surface area contributed by atoms with Crippen LogP contribution in [-0.4, -0.2) is 69.7 Å². The molecule has 0 aliphatic heterocycles. The molecule has 10 rings (SSSR count). The maximum Gasteiger partial charge on any atom is 0.389 e. The molecule has 0 amide bonds. The van der Waals surface area contributed by atoms with Gasteiger partial charge in [0.25, 0.3) is 0 Å². The van der Waals surface area contributed by atoms with E-state index in [4.69, 9.17) is 11.6 Å². The van der Waals surface area contributed by atoms with Crippen LogP contribution >= 0.6 is 11.6 Å². The van der Waals surface area contributed by atoms with E-state index in [1.54, 1.807) is 88.7 Å². The smallest absolute Gasteiger partial charge is 0.325 e. The minimum atomic E-state index is -4.24. The first kappa shape index (κ1) is 40.4. The first-order chi connectivity index (χ1) is 29.2. The van der Waals surface area contributed by atoms with Crippen molar-refractivity contribution in [2.24, 2.45) is 0 Å². The Bertz CT molecular complexity index is 3020. The topological polar surface area (TPSA) is 141 Å². The summed E-state index contributed by atoms with van der Waals surface area (Å²) in [4.78, 5) is 52.1. The number of hydrogen-bond donors (Lipinski definition) is 0. The van der Waals surface area contributed by atoms with E-state index < -0.39 is 25.2 Å². The molecule has 21 heteroatoms. The molecule has 0 N–H and O–H groups in total. The van der Waals surface area contributed by atoms with E-state index in [1.807, 2.05) is 6.07 Å². The second kappa shape index (κ2) is 15.8. The summed E-state index contributed by atoms with van der Waals surface area (Å²) in [7, 11) is 0. The van der Waals surface area contributed by atoms with E-state index in [9.17, 15) is 35.9 Å². The summed E-state index contributed by atoms with van der Waals surface area (Å²) in [5, 5.41) is 0.241. The fourth-order valence-corrected chi connectivity index (χ4v) is 8.01. The van der Waals surface area contributed by atoms with Crippen LogP contribution in [0.5, 0.6) is 0 Å². The lowest BCUT2D eigenvalue weighted by atomic mass is 10.3. The maximum atomic E-state index is 13.2. The van der Waals surface area contributed by atoms with Crippen LogP contribution < -0.4 is 11.4 Å². The lowest BCUT2D eigenvalue weighted by Crippen LogP contribution is -2.25. The third kappa shape index (κ3) is 8.36. The molecule has 0 spiro atoms. The molecule has 61 heavy (non-hydrogen) atoms. The number of pyridine rings is 4. The van der Waals surface area contributed by atoms with Gasteiger partial charge in [-0.2, -0.15) is 26.3 Å². The number of aryl methyl sites for hydroxylation is 2. The van der Waals surface area contributed by atoms with Crippen LogP contribution in [0.3, 0.4) is 0 Å². The van der Waals surface area contributed by atoms with Crippen LogP contribution in [-0.2, 0) is 26.2 Å². The summed E-state index contributed by atoms with van der Waals surface area (Å²) in [5.41, 5.74) is 4.68. The fraction of sp³-hybridized carbons (Fsp3) is 0.400. The van der Waals surface area contributed by atoms with Crippen molar-refractivity contribution in [1.29, 1.82) is 0 Å². The van der Waals surface area contributed by atoms with Crippen LogP contribution in [0.25, 0.3) is 44.4 Å². The largest absolute Gasteiger partial charge is 0.389 e. The molecule has 14 nitrogen and oxygen atoms in total. The summed E-state index contributed by atoms with van der Waals surface area (Å²) in [6, 6.07) is 10.8. The number of rotatable bonds is 12. The average Bonchev–Trinajstić information content (AvgIpc) is 4.13.